The van der Waals surface area contributed by atoms with Crippen LogP contribution in [0.2, 0.25) is 0 Å². The van der Waals surface area contributed by atoms with Gasteiger partial charge in [0.1, 0.15) is 0 Å². The fourth-order valence-electron chi connectivity index (χ4n) is 2.92. The van der Waals surface area contributed by atoms with Crippen LogP contribution in [-0.4, -0.2) is 29.3 Å². The maximum Gasteiger partial charge on any atom is 0.330 e. The number of nitrogens with one attached hydrogen (secondary N) is 1. The summed E-state index contributed by atoms with van der Waals surface area (Å²) >= 11 is 0. The number of carbonyl (C=O) groups is 3. The Morgan fingerprint density at radius 1 is 1.22 bits per heavy atom. The fraction of sp³-hybridized carbons (Fsp3) is 0.308. The highest BCUT2D eigenvalue weighted by Crippen LogP contribution is 2.42. The molecule has 0 aliphatic carbocycles. The van der Waals surface area contributed by atoms with Crippen molar-refractivity contribution in [1.29, 1.82) is 0 Å². The van der Waals surface area contributed by atoms with Crippen molar-refractivity contribution in [2.45, 2.75) is 12.3 Å². The molecule has 18 heavy (non-hydrogen) atoms. The van der Waals surface area contributed by atoms with Crippen LogP contribution in [0.15, 0.2) is 30.3 Å². The number of barbiturate groups is 1. The van der Waals surface area contributed by atoms with Crippen molar-refractivity contribution in [3.8, 4) is 0 Å². The number of nitrogens with zero attached hydrogens (tertiary/aromatic N) is 1. The molecule has 0 spiro atoms. The first kappa shape index (κ1) is 11.0. The van der Waals surface area contributed by atoms with Gasteiger partial charge in [-0.2, -0.15) is 0 Å². The van der Waals surface area contributed by atoms with Crippen LogP contribution in [0.5, 0.6) is 0 Å². The Balaban J connectivity index is 2.22. The highest BCUT2D eigenvalue weighted by Gasteiger charge is 2.63. The van der Waals surface area contributed by atoms with Gasteiger partial charge < -0.3 is 0 Å². The Morgan fingerprint density at radius 3 is 2.56 bits per heavy atom. The van der Waals surface area contributed by atoms with E-state index in [9.17, 15) is 14.4 Å². The van der Waals surface area contributed by atoms with E-state index in [0.717, 1.165) is 4.90 Å². The predicted molar refractivity (Wildman–Crippen MR) is 62.5 cm³/mol. The summed E-state index contributed by atoms with van der Waals surface area (Å²) in [4.78, 5) is 37.3. The van der Waals surface area contributed by atoms with Gasteiger partial charge in [-0.1, -0.05) is 37.3 Å². The average molecular weight is 244 g/mol. The number of rotatable bonds is 1. The largest absolute Gasteiger partial charge is 0.330 e. The fourth-order valence-corrected chi connectivity index (χ4v) is 2.92. The molecule has 0 unspecified atom stereocenters. The maximum atomic E-state index is 12.4. The van der Waals surface area contributed by atoms with E-state index in [4.69, 9.17) is 0 Å². The van der Waals surface area contributed by atoms with Gasteiger partial charge in [0.25, 0.3) is 5.91 Å². The Morgan fingerprint density at radius 2 is 1.89 bits per heavy atom. The van der Waals surface area contributed by atoms with Crippen molar-refractivity contribution in [2.75, 3.05) is 6.54 Å². The van der Waals surface area contributed by atoms with Gasteiger partial charge in [-0.25, -0.2) is 4.79 Å². The molecule has 2 fully saturated rings. The van der Waals surface area contributed by atoms with E-state index in [0.29, 0.717) is 5.56 Å². The molecule has 0 aromatic heterocycles. The summed E-state index contributed by atoms with van der Waals surface area (Å²) in [6.45, 7) is 2.11. The second-order valence-electron chi connectivity index (χ2n) is 4.75. The number of amides is 4. The lowest BCUT2D eigenvalue weighted by Gasteiger charge is -2.32. The van der Waals surface area contributed by atoms with Crippen LogP contribution in [-0.2, 0) is 15.0 Å². The molecule has 1 N–H and O–H groups in total. The van der Waals surface area contributed by atoms with E-state index in [1.807, 2.05) is 13.0 Å². The first-order chi connectivity index (χ1) is 8.58. The van der Waals surface area contributed by atoms with Crippen LogP contribution in [0.25, 0.3) is 0 Å². The van der Waals surface area contributed by atoms with E-state index in [1.54, 1.807) is 24.3 Å². The molecule has 5 nitrogen and oxygen atoms in total. The van der Waals surface area contributed by atoms with Crippen LogP contribution in [0.1, 0.15) is 12.5 Å². The highest BCUT2D eigenvalue weighted by atomic mass is 16.2. The lowest BCUT2D eigenvalue weighted by Crippen LogP contribution is -2.61. The number of imide groups is 2. The number of carbonyl (C=O) groups excluding carboxylic acids is 3. The predicted octanol–water partition coefficient (Wildman–Crippen LogP) is 0.652. The summed E-state index contributed by atoms with van der Waals surface area (Å²) in [6, 6.07) is 8.31. The molecule has 2 aliphatic rings. The van der Waals surface area contributed by atoms with E-state index < -0.39 is 23.3 Å². The van der Waals surface area contributed by atoms with Gasteiger partial charge in [0, 0.05) is 12.5 Å². The number of hydrogen-bond donors (Lipinski definition) is 1. The van der Waals surface area contributed by atoms with Crippen LogP contribution >= 0.6 is 0 Å². The van der Waals surface area contributed by atoms with E-state index in [-0.39, 0.29) is 12.5 Å². The molecule has 2 atom stereocenters. The van der Waals surface area contributed by atoms with Gasteiger partial charge in [-0.05, 0) is 5.56 Å². The zero-order valence-electron chi connectivity index (χ0n) is 9.84. The van der Waals surface area contributed by atoms with Crippen molar-refractivity contribution >= 4 is 17.8 Å². The Hall–Kier alpha value is -2.17. The van der Waals surface area contributed by atoms with Crippen LogP contribution in [0.4, 0.5) is 4.79 Å². The lowest BCUT2D eigenvalue weighted by molar-refractivity contribution is -0.141. The molecule has 2 aliphatic heterocycles. The minimum absolute atomic E-state index is 0.223. The molecule has 0 radical (unpaired) electrons. The normalized spacial score (nSPS) is 30.6. The molecule has 1 aromatic rings. The number of hydrogen-bond acceptors (Lipinski definition) is 3. The molecular formula is C13H12N2O3. The van der Waals surface area contributed by atoms with Crippen molar-refractivity contribution < 1.29 is 14.4 Å². The molecule has 2 bridgehead atoms. The smallest absolute Gasteiger partial charge is 0.276 e. The van der Waals surface area contributed by atoms with Crippen molar-refractivity contribution in [2.24, 2.45) is 5.92 Å². The minimum Gasteiger partial charge on any atom is -0.276 e. The zero-order valence-corrected chi connectivity index (χ0v) is 9.84. The van der Waals surface area contributed by atoms with Crippen LogP contribution < -0.4 is 5.32 Å². The summed E-state index contributed by atoms with van der Waals surface area (Å²) < 4.78 is 0. The van der Waals surface area contributed by atoms with Crippen LogP contribution in [0.3, 0.4) is 0 Å². The summed E-state index contributed by atoms with van der Waals surface area (Å²) in [5.41, 5.74) is -0.593. The molecule has 3 rings (SSSR count). The molecule has 2 saturated heterocycles. The summed E-state index contributed by atoms with van der Waals surface area (Å²) in [5.74, 6) is -1.14. The Labute approximate surface area is 104 Å². The summed E-state index contributed by atoms with van der Waals surface area (Å²) in [7, 11) is 0. The van der Waals surface area contributed by atoms with Crippen molar-refractivity contribution in [3.63, 3.8) is 0 Å². The monoisotopic (exact) mass is 244 g/mol. The molecule has 2 heterocycles. The summed E-state index contributed by atoms with van der Waals surface area (Å²) in [5, 5.41) is 2.27. The van der Waals surface area contributed by atoms with Gasteiger partial charge in [0.05, 0.1) is 0 Å². The first-order valence-corrected chi connectivity index (χ1v) is 5.81. The lowest BCUT2D eigenvalue weighted by atomic mass is 9.71. The third-order valence-corrected chi connectivity index (χ3v) is 3.83. The van der Waals surface area contributed by atoms with E-state index in [2.05, 4.69) is 5.32 Å². The third-order valence-electron chi connectivity index (χ3n) is 3.83. The number of fused-ring (bicyclic) bond motifs is 2. The molecule has 92 valence electrons. The van der Waals surface area contributed by atoms with Gasteiger partial charge in [-0.15, -0.1) is 0 Å². The van der Waals surface area contributed by atoms with Gasteiger partial charge >= 0.3 is 6.03 Å². The molecule has 4 amide bonds. The zero-order chi connectivity index (χ0) is 12.9. The average Bonchev–Trinajstić information content (AvgIpc) is 2.57. The molecule has 0 saturated carbocycles. The molecule has 1 aromatic carbocycles. The summed E-state index contributed by atoms with van der Waals surface area (Å²) in [6.07, 6.45) is 0. The van der Waals surface area contributed by atoms with Crippen molar-refractivity contribution in [3.05, 3.63) is 35.9 Å². The topological polar surface area (TPSA) is 66.5 Å². The van der Waals surface area contributed by atoms with Gasteiger partial charge in [0.2, 0.25) is 5.91 Å². The van der Waals surface area contributed by atoms with E-state index >= 15 is 0 Å². The Kier molecular flexibility index (Phi) is 2.08. The number of benzene rings is 1. The van der Waals surface area contributed by atoms with Gasteiger partial charge in [-0.3, -0.25) is 19.8 Å². The van der Waals surface area contributed by atoms with E-state index in [1.165, 1.54) is 0 Å². The molecular weight excluding hydrogens is 232 g/mol. The van der Waals surface area contributed by atoms with Crippen LogP contribution in [0, 0.1) is 5.92 Å². The third kappa shape index (κ3) is 1.08. The van der Waals surface area contributed by atoms with Gasteiger partial charge in [0.15, 0.2) is 5.41 Å². The molecule has 5 heteroatoms. The maximum absolute atomic E-state index is 12.4. The van der Waals surface area contributed by atoms with Crippen molar-refractivity contribution in [1.82, 2.24) is 10.2 Å². The highest BCUT2D eigenvalue weighted by molar-refractivity contribution is 6.24. The second kappa shape index (κ2) is 3.41. The standard InChI is InChI=1S/C13H12N2O3/c1-8-7-15-11(17)13(8,10(16)14-12(15)18)9-5-3-2-4-6-9/h2-6,8H,7H2,1H3,(H,14,16,18)/t8-,13-/m0/s1. The SMILES string of the molecule is C[C@H]1CN2C(=O)NC(=O)[C@]1(c1ccccc1)C2=O. The number of urea groups is 1. The minimum atomic E-state index is -1.24. The quantitative estimate of drug-likeness (QED) is 0.738. The second-order valence-corrected chi connectivity index (χ2v) is 4.75. The Bertz CT molecular complexity index is 555. The first-order valence-electron chi connectivity index (χ1n) is 5.81.